The van der Waals surface area contributed by atoms with Gasteiger partial charge in [0.1, 0.15) is 0 Å². The zero-order valence-electron chi connectivity index (χ0n) is 11.7. The van der Waals surface area contributed by atoms with Crippen molar-refractivity contribution in [2.24, 2.45) is 17.3 Å². The minimum Gasteiger partial charge on any atom is -0.303 e. The molecular formula is C15H27IN2. The fourth-order valence-electron chi connectivity index (χ4n) is 4.27. The van der Waals surface area contributed by atoms with E-state index in [1.807, 2.05) is 0 Å². The molecule has 0 atom stereocenters. The van der Waals surface area contributed by atoms with Gasteiger partial charge in [0.15, 0.2) is 0 Å². The van der Waals surface area contributed by atoms with Crippen LogP contribution in [0.3, 0.4) is 0 Å². The first kappa shape index (κ1) is 13.6. The largest absolute Gasteiger partial charge is 0.303 e. The van der Waals surface area contributed by atoms with E-state index in [-0.39, 0.29) is 0 Å². The van der Waals surface area contributed by atoms with Crippen molar-refractivity contribution in [2.75, 3.05) is 32.7 Å². The van der Waals surface area contributed by atoms with Gasteiger partial charge in [-0.25, -0.2) is 3.11 Å². The highest BCUT2D eigenvalue weighted by Crippen LogP contribution is 2.53. The van der Waals surface area contributed by atoms with E-state index in [9.17, 15) is 0 Å². The van der Waals surface area contributed by atoms with Gasteiger partial charge in [0.25, 0.3) is 0 Å². The molecule has 3 aliphatic rings. The molecule has 2 saturated heterocycles. The Labute approximate surface area is 126 Å². The van der Waals surface area contributed by atoms with Crippen LogP contribution in [0.5, 0.6) is 0 Å². The normalized spacial score (nSPS) is 31.7. The van der Waals surface area contributed by atoms with Crippen molar-refractivity contribution >= 4 is 22.9 Å². The molecule has 2 aliphatic heterocycles. The monoisotopic (exact) mass is 362 g/mol. The Morgan fingerprint density at radius 1 is 1.06 bits per heavy atom. The zero-order chi connectivity index (χ0) is 12.6. The Bertz CT molecular complexity index is 267. The summed E-state index contributed by atoms with van der Waals surface area (Å²) in [7, 11) is 0. The first-order valence-electron chi connectivity index (χ1n) is 7.78. The van der Waals surface area contributed by atoms with E-state index in [0.717, 1.165) is 17.3 Å². The second-order valence-corrected chi connectivity index (χ2v) is 8.53. The van der Waals surface area contributed by atoms with Gasteiger partial charge < -0.3 is 4.90 Å². The molecule has 0 aromatic carbocycles. The molecule has 104 valence electrons. The molecule has 1 aliphatic carbocycles. The average molecular weight is 362 g/mol. The van der Waals surface area contributed by atoms with Crippen LogP contribution in [0.4, 0.5) is 0 Å². The van der Waals surface area contributed by atoms with Crippen LogP contribution in [0, 0.1) is 17.3 Å². The molecule has 3 heteroatoms. The molecule has 1 spiro atoms. The third-order valence-corrected chi connectivity index (χ3v) is 6.57. The predicted octanol–water partition coefficient (Wildman–Crippen LogP) is 3.56. The number of likely N-dealkylation sites (tertiary alicyclic amines) is 1. The first-order chi connectivity index (χ1) is 8.65. The summed E-state index contributed by atoms with van der Waals surface area (Å²) in [4.78, 5) is 2.74. The van der Waals surface area contributed by atoms with Gasteiger partial charge in [0.05, 0.1) is 0 Å². The molecule has 3 rings (SSSR count). The Balaban J connectivity index is 1.40. The number of rotatable bonds is 2. The lowest BCUT2D eigenvalue weighted by molar-refractivity contribution is -0.0113. The van der Waals surface area contributed by atoms with Gasteiger partial charge in [0, 0.05) is 42.5 Å². The molecule has 0 aromatic heterocycles. The van der Waals surface area contributed by atoms with E-state index >= 15 is 0 Å². The Kier molecular flexibility index (Phi) is 4.21. The van der Waals surface area contributed by atoms with Crippen LogP contribution in [0.2, 0.25) is 0 Å². The van der Waals surface area contributed by atoms with Crippen LogP contribution < -0.4 is 0 Å². The van der Waals surface area contributed by atoms with Crippen LogP contribution in [0.15, 0.2) is 0 Å². The molecule has 0 amide bonds. The van der Waals surface area contributed by atoms with Crippen molar-refractivity contribution in [3.63, 3.8) is 0 Å². The summed E-state index contributed by atoms with van der Waals surface area (Å²) in [5.74, 6) is 2.00. The molecule has 1 saturated carbocycles. The highest BCUT2D eigenvalue weighted by Gasteiger charge is 2.45. The number of nitrogens with zero attached hydrogens (tertiary/aromatic N) is 2. The molecule has 3 fully saturated rings. The van der Waals surface area contributed by atoms with Crippen molar-refractivity contribution in [1.29, 1.82) is 0 Å². The molecule has 2 nitrogen and oxygen atoms in total. The summed E-state index contributed by atoms with van der Waals surface area (Å²) < 4.78 is 2.47. The SMILES string of the molecule is CC1CCN(CC2CC3(CCN(I)CC3)C2)CC1. The first-order valence-corrected chi connectivity index (χ1v) is 8.75. The zero-order valence-corrected chi connectivity index (χ0v) is 13.9. The van der Waals surface area contributed by atoms with Gasteiger partial charge in [0.2, 0.25) is 0 Å². The van der Waals surface area contributed by atoms with Gasteiger partial charge in [-0.1, -0.05) is 6.92 Å². The maximum Gasteiger partial charge on any atom is 0.0201 e. The van der Waals surface area contributed by atoms with Crippen LogP contribution in [-0.4, -0.2) is 40.7 Å². The predicted molar refractivity (Wildman–Crippen MR) is 84.8 cm³/mol. The van der Waals surface area contributed by atoms with Crippen LogP contribution in [0.1, 0.15) is 45.4 Å². The second kappa shape index (κ2) is 5.57. The summed E-state index contributed by atoms with van der Waals surface area (Å²) in [6.07, 6.45) is 8.85. The minimum atomic E-state index is 0.773. The highest BCUT2D eigenvalue weighted by molar-refractivity contribution is 14.1. The topological polar surface area (TPSA) is 6.48 Å². The van der Waals surface area contributed by atoms with Gasteiger partial charge in [-0.05, 0) is 68.9 Å². The summed E-state index contributed by atoms with van der Waals surface area (Å²) in [5, 5.41) is 0. The van der Waals surface area contributed by atoms with Crippen LogP contribution >= 0.6 is 22.9 Å². The minimum absolute atomic E-state index is 0.773. The van der Waals surface area contributed by atoms with E-state index < -0.39 is 0 Å². The van der Waals surface area contributed by atoms with Gasteiger partial charge in [-0.3, -0.25) is 0 Å². The average Bonchev–Trinajstić information content (AvgIpc) is 2.33. The van der Waals surface area contributed by atoms with E-state index in [1.54, 1.807) is 0 Å². The number of hydrogen-bond acceptors (Lipinski definition) is 2. The summed E-state index contributed by atoms with van der Waals surface area (Å²) in [6.45, 7) is 9.21. The highest BCUT2D eigenvalue weighted by atomic mass is 127. The fourth-order valence-corrected chi connectivity index (χ4v) is 4.75. The van der Waals surface area contributed by atoms with Crippen molar-refractivity contribution in [3.05, 3.63) is 0 Å². The maximum atomic E-state index is 2.74. The van der Waals surface area contributed by atoms with Gasteiger partial charge >= 0.3 is 0 Å². The standard InChI is InChI=1S/C15H27IN2/c1-13-2-6-17(7-3-13)12-14-10-15(11-14)4-8-18(16)9-5-15/h13-14H,2-12H2,1H3. The summed E-state index contributed by atoms with van der Waals surface area (Å²) >= 11 is 2.49. The molecular weight excluding hydrogens is 335 g/mol. The third-order valence-electron chi connectivity index (χ3n) is 5.61. The summed E-state index contributed by atoms with van der Waals surface area (Å²) in [6, 6.07) is 0. The molecule has 0 N–H and O–H groups in total. The van der Waals surface area contributed by atoms with Crippen LogP contribution in [0.25, 0.3) is 0 Å². The molecule has 0 bridgehead atoms. The fraction of sp³-hybridized carbons (Fsp3) is 1.00. The van der Waals surface area contributed by atoms with Crippen molar-refractivity contribution in [2.45, 2.75) is 45.4 Å². The lowest BCUT2D eigenvalue weighted by atomic mass is 9.57. The van der Waals surface area contributed by atoms with Crippen LogP contribution in [-0.2, 0) is 0 Å². The van der Waals surface area contributed by atoms with Gasteiger partial charge in [-0.15, -0.1) is 0 Å². The number of piperidine rings is 2. The molecule has 0 radical (unpaired) electrons. The summed E-state index contributed by atoms with van der Waals surface area (Å²) in [5.41, 5.74) is 0.773. The lowest BCUT2D eigenvalue weighted by Crippen LogP contribution is -2.48. The molecule has 18 heavy (non-hydrogen) atoms. The second-order valence-electron chi connectivity index (χ2n) is 7.17. The number of halogens is 1. The lowest BCUT2D eigenvalue weighted by Gasteiger charge is -2.53. The van der Waals surface area contributed by atoms with Gasteiger partial charge in [-0.2, -0.15) is 0 Å². The maximum absolute atomic E-state index is 2.74. The quantitative estimate of drug-likeness (QED) is 0.548. The third kappa shape index (κ3) is 3.04. The Hall–Kier alpha value is 0.650. The smallest absolute Gasteiger partial charge is 0.0201 e. The Morgan fingerprint density at radius 3 is 2.28 bits per heavy atom. The number of hydrogen-bond donors (Lipinski definition) is 0. The van der Waals surface area contributed by atoms with E-state index in [1.165, 1.54) is 71.2 Å². The molecule has 2 heterocycles. The molecule has 0 aromatic rings. The van der Waals surface area contributed by atoms with Crippen molar-refractivity contribution < 1.29 is 0 Å². The van der Waals surface area contributed by atoms with E-state index in [4.69, 9.17) is 0 Å². The molecule has 0 unspecified atom stereocenters. The Morgan fingerprint density at radius 2 is 1.67 bits per heavy atom. The van der Waals surface area contributed by atoms with E-state index in [0.29, 0.717) is 0 Å². The van der Waals surface area contributed by atoms with E-state index in [2.05, 4.69) is 37.8 Å². The van der Waals surface area contributed by atoms with Crippen molar-refractivity contribution in [1.82, 2.24) is 8.01 Å². The van der Waals surface area contributed by atoms with Crippen molar-refractivity contribution in [3.8, 4) is 0 Å².